The van der Waals surface area contributed by atoms with Gasteiger partial charge in [-0.05, 0) is 37.6 Å². The second-order valence-corrected chi connectivity index (χ2v) is 5.61. The Morgan fingerprint density at radius 3 is 2.60 bits per heavy atom. The first-order chi connectivity index (χ1) is 9.47. The van der Waals surface area contributed by atoms with Crippen molar-refractivity contribution in [2.75, 3.05) is 5.32 Å². The molecule has 0 aliphatic rings. The van der Waals surface area contributed by atoms with Crippen LogP contribution in [-0.4, -0.2) is 4.92 Å². The van der Waals surface area contributed by atoms with Gasteiger partial charge in [0.05, 0.1) is 16.5 Å². The maximum absolute atomic E-state index is 11.1. The number of hydrogen-bond donors (Lipinski definition) is 1. The Hall–Kier alpha value is -1.88. The van der Waals surface area contributed by atoms with Gasteiger partial charge in [-0.25, -0.2) is 0 Å². The van der Waals surface area contributed by atoms with Crippen LogP contribution in [0.5, 0.6) is 0 Å². The average Bonchev–Trinajstić information content (AvgIpc) is 2.37. The molecule has 104 valence electrons. The molecule has 5 heteroatoms. The molecular formula is C15H15BrN2O2. The lowest BCUT2D eigenvalue weighted by molar-refractivity contribution is -0.385. The molecule has 1 atom stereocenters. The molecule has 0 radical (unpaired) electrons. The van der Waals surface area contributed by atoms with Gasteiger partial charge in [-0.2, -0.15) is 0 Å². The summed E-state index contributed by atoms with van der Waals surface area (Å²) in [5.41, 5.74) is 2.87. The van der Waals surface area contributed by atoms with Crippen molar-refractivity contribution >= 4 is 27.3 Å². The number of aryl methyl sites for hydroxylation is 1. The largest absolute Gasteiger partial charge is 0.378 e. The van der Waals surface area contributed by atoms with E-state index in [-0.39, 0.29) is 16.7 Å². The minimum Gasteiger partial charge on any atom is -0.378 e. The Bertz CT molecular complexity index is 623. The maximum atomic E-state index is 11.1. The molecule has 0 aliphatic carbocycles. The van der Waals surface area contributed by atoms with E-state index < -0.39 is 0 Å². The maximum Gasteiger partial charge on any atom is 0.274 e. The van der Waals surface area contributed by atoms with E-state index in [4.69, 9.17) is 0 Å². The Labute approximate surface area is 126 Å². The number of nitrogens with one attached hydrogen (secondary N) is 1. The fraction of sp³-hybridized carbons (Fsp3) is 0.200. The van der Waals surface area contributed by atoms with Crippen molar-refractivity contribution in [3.8, 4) is 0 Å². The number of nitro benzene ring substituents is 1. The van der Waals surface area contributed by atoms with Gasteiger partial charge in [-0.3, -0.25) is 10.1 Å². The molecule has 0 saturated heterocycles. The van der Waals surface area contributed by atoms with Gasteiger partial charge in [0.1, 0.15) is 0 Å². The predicted octanol–water partition coefficient (Wildman–Crippen LogP) is 4.84. The molecule has 1 unspecified atom stereocenters. The van der Waals surface area contributed by atoms with E-state index in [9.17, 15) is 10.1 Å². The molecule has 2 aromatic carbocycles. The van der Waals surface area contributed by atoms with Crippen LogP contribution in [0.4, 0.5) is 11.4 Å². The summed E-state index contributed by atoms with van der Waals surface area (Å²) in [6.45, 7) is 3.92. The number of nitro groups is 1. The van der Waals surface area contributed by atoms with Crippen molar-refractivity contribution in [3.05, 3.63) is 68.2 Å². The number of hydrogen-bond acceptors (Lipinski definition) is 3. The lowest BCUT2D eigenvalue weighted by Crippen LogP contribution is -2.09. The van der Waals surface area contributed by atoms with Crippen LogP contribution in [0.15, 0.2) is 46.9 Å². The molecule has 0 spiro atoms. The van der Waals surface area contributed by atoms with Gasteiger partial charge in [0.25, 0.3) is 5.69 Å². The van der Waals surface area contributed by atoms with E-state index >= 15 is 0 Å². The molecule has 0 heterocycles. The molecule has 2 aromatic rings. The summed E-state index contributed by atoms with van der Waals surface area (Å²) in [4.78, 5) is 10.7. The van der Waals surface area contributed by atoms with Gasteiger partial charge in [-0.1, -0.05) is 34.1 Å². The molecule has 1 N–H and O–H groups in total. The molecule has 0 fully saturated rings. The third kappa shape index (κ3) is 3.36. The van der Waals surface area contributed by atoms with Crippen molar-refractivity contribution in [1.82, 2.24) is 0 Å². The Morgan fingerprint density at radius 1 is 1.25 bits per heavy atom. The molecule has 20 heavy (non-hydrogen) atoms. The van der Waals surface area contributed by atoms with Crippen LogP contribution in [0.1, 0.15) is 24.1 Å². The third-order valence-corrected chi connectivity index (χ3v) is 3.48. The van der Waals surface area contributed by atoms with Crippen molar-refractivity contribution in [3.63, 3.8) is 0 Å². The zero-order chi connectivity index (χ0) is 14.7. The number of benzene rings is 2. The monoisotopic (exact) mass is 334 g/mol. The fourth-order valence-corrected chi connectivity index (χ4v) is 2.78. The molecule has 4 nitrogen and oxygen atoms in total. The highest BCUT2D eigenvalue weighted by Crippen LogP contribution is 2.28. The second kappa shape index (κ2) is 6.05. The zero-order valence-corrected chi connectivity index (χ0v) is 12.8. The topological polar surface area (TPSA) is 55.2 Å². The lowest BCUT2D eigenvalue weighted by atomic mass is 10.1. The first-order valence-corrected chi connectivity index (χ1v) is 7.03. The molecule has 0 amide bonds. The van der Waals surface area contributed by atoms with Crippen LogP contribution in [0, 0.1) is 17.0 Å². The quantitative estimate of drug-likeness (QED) is 0.642. The first kappa shape index (κ1) is 14.5. The van der Waals surface area contributed by atoms with Gasteiger partial charge in [0.2, 0.25) is 0 Å². The zero-order valence-electron chi connectivity index (χ0n) is 11.3. The highest BCUT2D eigenvalue weighted by Gasteiger charge is 2.17. The van der Waals surface area contributed by atoms with E-state index in [2.05, 4.69) is 21.2 Å². The van der Waals surface area contributed by atoms with Crippen molar-refractivity contribution < 1.29 is 4.92 Å². The van der Waals surface area contributed by atoms with Crippen LogP contribution < -0.4 is 5.32 Å². The van der Waals surface area contributed by atoms with E-state index in [0.29, 0.717) is 5.56 Å². The van der Waals surface area contributed by atoms with Gasteiger partial charge in [0.15, 0.2) is 0 Å². The van der Waals surface area contributed by atoms with Gasteiger partial charge >= 0.3 is 0 Å². The predicted molar refractivity (Wildman–Crippen MR) is 84.0 cm³/mol. The van der Waals surface area contributed by atoms with Gasteiger partial charge in [-0.15, -0.1) is 0 Å². The summed E-state index contributed by atoms with van der Waals surface area (Å²) in [6.07, 6.45) is 0. The molecule has 0 bridgehead atoms. The van der Waals surface area contributed by atoms with Crippen LogP contribution in [0.2, 0.25) is 0 Å². The smallest absolute Gasteiger partial charge is 0.274 e. The minimum absolute atomic E-state index is 0.138. The number of rotatable bonds is 4. The minimum atomic E-state index is -0.348. The summed E-state index contributed by atoms with van der Waals surface area (Å²) in [7, 11) is 0. The highest BCUT2D eigenvalue weighted by molar-refractivity contribution is 9.10. The fourth-order valence-electron chi connectivity index (χ4n) is 2.17. The second-order valence-electron chi connectivity index (χ2n) is 4.70. The van der Waals surface area contributed by atoms with Crippen molar-refractivity contribution in [2.24, 2.45) is 0 Å². The van der Waals surface area contributed by atoms with E-state index in [0.717, 1.165) is 15.7 Å². The van der Waals surface area contributed by atoms with E-state index in [1.54, 1.807) is 12.1 Å². The van der Waals surface area contributed by atoms with Gasteiger partial charge in [0, 0.05) is 16.2 Å². The van der Waals surface area contributed by atoms with Crippen molar-refractivity contribution in [2.45, 2.75) is 19.9 Å². The Morgan fingerprint density at radius 2 is 1.95 bits per heavy atom. The summed E-state index contributed by atoms with van der Waals surface area (Å²) in [6, 6.07) is 12.6. The van der Waals surface area contributed by atoms with Crippen LogP contribution in [0.3, 0.4) is 0 Å². The van der Waals surface area contributed by atoms with Gasteiger partial charge < -0.3 is 5.32 Å². The third-order valence-electron chi connectivity index (χ3n) is 3.03. The Kier molecular flexibility index (Phi) is 4.39. The first-order valence-electron chi connectivity index (χ1n) is 6.24. The Balaban J connectivity index is 2.28. The molecule has 2 rings (SSSR count). The van der Waals surface area contributed by atoms with Crippen LogP contribution in [-0.2, 0) is 0 Å². The average molecular weight is 335 g/mol. The van der Waals surface area contributed by atoms with E-state index in [1.165, 1.54) is 6.07 Å². The SMILES string of the molecule is Cc1cc(Br)cc(NC(C)c2ccccc2[N+](=O)[O-])c1. The summed E-state index contributed by atoms with van der Waals surface area (Å²) < 4.78 is 0.981. The van der Waals surface area contributed by atoms with Crippen LogP contribution >= 0.6 is 15.9 Å². The lowest BCUT2D eigenvalue weighted by Gasteiger charge is -2.16. The molecule has 0 aliphatic heterocycles. The summed E-state index contributed by atoms with van der Waals surface area (Å²) >= 11 is 3.45. The number of anilines is 1. The van der Waals surface area contributed by atoms with Crippen molar-refractivity contribution in [1.29, 1.82) is 0 Å². The van der Waals surface area contributed by atoms with E-state index in [1.807, 2.05) is 38.1 Å². The molecule has 0 aromatic heterocycles. The molecule has 0 saturated carbocycles. The number of para-hydroxylation sites is 1. The number of nitrogens with zero attached hydrogens (tertiary/aromatic N) is 1. The number of halogens is 1. The highest BCUT2D eigenvalue weighted by atomic mass is 79.9. The standard InChI is InChI=1S/C15H15BrN2O2/c1-10-7-12(16)9-13(8-10)17-11(2)14-5-3-4-6-15(14)18(19)20/h3-9,11,17H,1-2H3. The normalized spacial score (nSPS) is 11.9. The molecular weight excluding hydrogens is 320 g/mol. The summed E-state index contributed by atoms with van der Waals surface area (Å²) in [5.74, 6) is 0. The van der Waals surface area contributed by atoms with Crippen LogP contribution in [0.25, 0.3) is 0 Å². The summed E-state index contributed by atoms with van der Waals surface area (Å²) in [5, 5.41) is 14.4.